The molecule has 0 atom stereocenters. The molecule has 1 aromatic heterocycles. The normalized spacial score (nSPS) is 10.7. The zero-order valence-electron chi connectivity index (χ0n) is 10.3. The average Bonchev–Trinajstić information content (AvgIpc) is 2.43. The van der Waals surface area contributed by atoms with E-state index in [1.807, 2.05) is 36.4 Å². The molecule has 3 aromatic rings. The molecule has 0 aliphatic rings. The van der Waals surface area contributed by atoms with Crippen molar-refractivity contribution >= 4 is 10.8 Å². The Hall–Kier alpha value is -2.55. The minimum absolute atomic E-state index is 0.0404. The lowest BCUT2D eigenvalue weighted by Crippen LogP contribution is -2.19. The number of aromatic nitrogens is 1. The number of hydrogen-bond acceptors (Lipinski definition) is 2. The summed E-state index contributed by atoms with van der Waals surface area (Å²) < 4.78 is 1.68. The minimum atomic E-state index is -0.0404. The largest absolute Gasteiger partial charge is 0.508 e. The molecule has 0 bridgehead atoms. The van der Waals surface area contributed by atoms with E-state index in [1.54, 1.807) is 22.9 Å². The summed E-state index contributed by atoms with van der Waals surface area (Å²) in [5.41, 5.74) is 1.05. The number of rotatable bonds is 2. The average molecular weight is 251 g/mol. The van der Waals surface area contributed by atoms with Gasteiger partial charge in [0.15, 0.2) is 0 Å². The summed E-state index contributed by atoms with van der Waals surface area (Å²) in [6, 6.07) is 16.5. The summed E-state index contributed by atoms with van der Waals surface area (Å²) in [5, 5.41) is 10.8. The molecule has 0 amide bonds. The monoisotopic (exact) mass is 251 g/mol. The first kappa shape index (κ1) is 11.5. The number of benzene rings is 2. The molecule has 0 aliphatic carbocycles. The van der Waals surface area contributed by atoms with Crippen molar-refractivity contribution in [3.8, 4) is 5.75 Å². The van der Waals surface area contributed by atoms with Crippen LogP contribution in [0.15, 0.2) is 65.6 Å². The molecule has 1 heterocycles. The number of fused-ring (bicyclic) bond motifs is 1. The van der Waals surface area contributed by atoms with Crippen LogP contribution in [0.2, 0.25) is 0 Å². The summed E-state index contributed by atoms with van der Waals surface area (Å²) in [5.74, 6) is 0.174. The molecule has 0 aliphatic heterocycles. The van der Waals surface area contributed by atoms with Crippen LogP contribution < -0.4 is 5.56 Å². The highest BCUT2D eigenvalue weighted by molar-refractivity contribution is 5.82. The Balaban J connectivity index is 2.08. The maximum absolute atomic E-state index is 12.3. The molecule has 0 unspecified atom stereocenters. The Morgan fingerprint density at radius 3 is 2.58 bits per heavy atom. The Morgan fingerprint density at radius 2 is 1.79 bits per heavy atom. The summed E-state index contributed by atoms with van der Waals surface area (Å²) in [6.07, 6.45) is 1.76. The maximum Gasteiger partial charge on any atom is 0.258 e. The van der Waals surface area contributed by atoms with Crippen LogP contribution in [0.1, 0.15) is 5.56 Å². The van der Waals surface area contributed by atoms with Crippen molar-refractivity contribution in [3.63, 3.8) is 0 Å². The molecule has 3 nitrogen and oxygen atoms in total. The van der Waals surface area contributed by atoms with Gasteiger partial charge in [-0.25, -0.2) is 0 Å². The van der Waals surface area contributed by atoms with Gasteiger partial charge in [0.2, 0.25) is 0 Å². The standard InChI is InChI=1S/C16H13NO2/c18-14-6-7-15-13(10-14)8-9-17(16(15)19)11-12-4-2-1-3-5-12/h1-10,18H,11H2. The first-order chi connectivity index (χ1) is 9.24. The van der Waals surface area contributed by atoms with E-state index >= 15 is 0 Å². The van der Waals surface area contributed by atoms with Crippen molar-refractivity contribution in [2.24, 2.45) is 0 Å². The predicted octanol–water partition coefficient (Wildman–Crippen LogP) is 2.76. The molecule has 2 aromatic carbocycles. The van der Waals surface area contributed by atoms with Gasteiger partial charge in [-0.05, 0) is 35.2 Å². The fraction of sp³-hybridized carbons (Fsp3) is 0.0625. The van der Waals surface area contributed by atoms with Gasteiger partial charge < -0.3 is 9.67 Å². The highest BCUT2D eigenvalue weighted by atomic mass is 16.3. The third-order valence-corrected chi connectivity index (χ3v) is 3.16. The lowest BCUT2D eigenvalue weighted by Gasteiger charge is -2.07. The summed E-state index contributed by atoms with van der Waals surface area (Å²) in [7, 11) is 0. The van der Waals surface area contributed by atoms with Crippen LogP contribution in [0.4, 0.5) is 0 Å². The van der Waals surface area contributed by atoms with E-state index in [1.165, 1.54) is 6.07 Å². The van der Waals surface area contributed by atoms with Crippen molar-refractivity contribution in [2.75, 3.05) is 0 Å². The van der Waals surface area contributed by atoms with Gasteiger partial charge in [-0.15, -0.1) is 0 Å². The Labute approximate surface area is 110 Å². The van der Waals surface area contributed by atoms with Crippen LogP contribution in [0, 0.1) is 0 Å². The van der Waals surface area contributed by atoms with Crippen LogP contribution in [0.5, 0.6) is 5.75 Å². The second-order valence-corrected chi connectivity index (χ2v) is 4.51. The van der Waals surface area contributed by atoms with Crippen molar-refractivity contribution in [2.45, 2.75) is 6.54 Å². The third-order valence-electron chi connectivity index (χ3n) is 3.16. The van der Waals surface area contributed by atoms with Gasteiger partial charge in [0.1, 0.15) is 5.75 Å². The lowest BCUT2D eigenvalue weighted by atomic mass is 10.1. The van der Waals surface area contributed by atoms with Gasteiger partial charge >= 0.3 is 0 Å². The quantitative estimate of drug-likeness (QED) is 0.761. The van der Waals surface area contributed by atoms with Crippen LogP contribution >= 0.6 is 0 Å². The van der Waals surface area contributed by atoms with Crippen molar-refractivity contribution in [1.29, 1.82) is 0 Å². The van der Waals surface area contributed by atoms with Gasteiger partial charge in [0.05, 0.1) is 6.54 Å². The van der Waals surface area contributed by atoms with Gasteiger partial charge in [-0.2, -0.15) is 0 Å². The van der Waals surface area contributed by atoms with E-state index in [2.05, 4.69) is 0 Å². The molecule has 0 spiro atoms. The van der Waals surface area contributed by atoms with Crippen LogP contribution in [-0.4, -0.2) is 9.67 Å². The fourth-order valence-electron chi connectivity index (χ4n) is 2.18. The first-order valence-corrected chi connectivity index (χ1v) is 6.10. The Kier molecular flexibility index (Phi) is 2.80. The molecular weight excluding hydrogens is 238 g/mol. The zero-order chi connectivity index (χ0) is 13.2. The van der Waals surface area contributed by atoms with E-state index in [-0.39, 0.29) is 11.3 Å². The molecule has 0 fully saturated rings. The molecule has 3 heteroatoms. The second-order valence-electron chi connectivity index (χ2n) is 4.51. The lowest BCUT2D eigenvalue weighted by molar-refractivity contribution is 0.476. The molecular formula is C16H13NO2. The molecule has 94 valence electrons. The first-order valence-electron chi connectivity index (χ1n) is 6.10. The van der Waals surface area contributed by atoms with Gasteiger partial charge in [-0.3, -0.25) is 4.79 Å². The Morgan fingerprint density at radius 1 is 1.00 bits per heavy atom. The highest BCUT2D eigenvalue weighted by Gasteiger charge is 2.03. The number of phenolic OH excluding ortho intramolecular Hbond substituents is 1. The van der Waals surface area contributed by atoms with Crippen molar-refractivity contribution < 1.29 is 5.11 Å². The molecule has 1 N–H and O–H groups in total. The number of hydrogen-bond donors (Lipinski definition) is 1. The molecule has 0 saturated carbocycles. The topological polar surface area (TPSA) is 42.2 Å². The fourth-order valence-corrected chi connectivity index (χ4v) is 2.18. The number of aromatic hydroxyl groups is 1. The van der Waals surface area contributed by atoms with E-state index in [9.17, 15) is 9.90 Å². The highest BCUT2D eigenvalue weighted by Crippen LogP contribution is 2.16. The summed E-state index contributed by atoms with van der Waals surface area (Å²) >= 11 is 0. The molecule has 3 rings (SSSR count). The predicted molar refractivity (Wildman–Crippen MR) is 75.4 cm³/mol. The van der Waals surface area contributed by atoms with Crippen molar-refractivity contribution in [1.82, 2.24) is 4.57 Å². The SMILES string of the molecule is O=c1c2ccc(O)cc2ccn1Cc1ccccc1. The molecule has 0 radical (unpaired) electrons. The molecule has 19 heavy (non-hydrogen) atoms. The van der Waals surface area contributed by atoms with Gasteiger partial charge in [0, 0.05) is 11.6 Å². The number of phenols is 1. The minimum Gasteiger partial charge on any atom is -0.508 e. The van der Waals surface area contributed by atoms with Gasteiger partial charge in [-0.1, -0.05) is 30.3 Å². The summed E-state index contributed by atoms with van der Waals surface area (Å²) in [6.45, 7) is 0.552. The maximum atomic E-state index is 12.3. The van der Waals surface area contributed by atoms with E-state index < -0.39 is 0 Å². The van der Waals surface area contributed by atoms with E-state index in [0.717, 1.165) is 10.9 Å². The van der Waals surface area contributed by atoms with Gasteiger partial charge in [0.25, 0.3) is 5.56 Å². The van der Waals surface area contributed by atoms with Crippen LogP contribution in [0.3, 0.4) is 0 Å². The Bertz CT molecular complexity index is 776. The van der Waals surface area contributed by atoms with E-state index in [4.69, 9.17) is 0 Å². The van der Waals surface area contributed by atoms with Crippen molar-refractivity contribution in [3.05, 3.63) is 76.7 Å². The zero-order valence-corrected chi connectivity index (χ0v) is 10.3. The molecule has 0 saturated heterocycles. The summed E-state index contributed by atoms with van der Waals surface area (Å²) in [4.78, 5) is 12.3. The van der Waals surface area contributed by atoms with Crippen LogP contribution in [-0.2, 0) is 6.54 Å². The number of nitrogens with zero attached hydrogens (tertiary/aromatic N) is 1. The third kappa shape index (κ3) is 2.22. The van der Waals surface area contributed by atoms with Crippen LogP contribution in [0.25, 0.3) is 10.8 Å². The smallest absolute Gasteiger partial charge is 0.258 e. The number of pyridine rings is 1. The second kappa shape index (κ2) is 4.61. The van der Waals surface area contributed by atoms with E-state index in [0.29, 0.717) is 11.9 Å².